The van der Waals surface area contributed by atoms with E-state index in [4.69, 9.17) is 9.72 Å². The van der Waals surface area contributed by atoms with Crippen molar-refractivity contribution in [3.8, 4) is 0 Å². The second-order valence-electron chi connectivity index (χ2n) is 8.31. The number of nitrogens with one attached hydrogen (secondary N) is 1. The molecule has 0 saturated carbocycles. The highest BCUT2D eigenvalue weighted by molar-refractivity contribution is 5.78. The molecule has 6 heteroatoms. The van der Waals surface area contributed by atoms with Crippen molar-refractivity contribution < 1.29 is 9.53 Å². The van der Waals surface area contributed by atoms with Gasteiger partial charge in [0.15, 0.2) is 0 Å². The minimum absolute atomic E-state index is 0.0262. The molecule has 0 bridgehead atoms. The number of hydrogen-bond donors (Lipinski definition) is 1. The van der Waals surface area contributed by atoms with Crippen LogP contribution in [0.3, 0.4) is 0 Å². The fourth-order valence-electron chi connectivity index (χ4n) is 4.35. The highest BCUT2D eigenvalue weighted by Crippen LogP contribution is 2.26. The minimum Gasteiger partial charge on any atom is -0.359 e. The van der Waals surface area contributed by atoms with Gasteiger partial charge in [-0.3, -0.25) is 4.79 Å². The van der Waals surface area contributed by atoms with Crippen LogP contribution in [0.1, 0.15) is 23.7 Å². The Hall–Kier alpha value is -3.64. The van der Waals surface area contributed by atoms with E-state index in [0.717, 1.165) is 54.2 Å². The molecule has 0 radical (unpaired) electrons. The Labute approximate surface area is 193 Å². The quantitative estimate of drug-likeness (QED) is 0.483. The fraction of sp³-hybridized carbons (Fsp3) is 0.259. The van der Waals surface area contributed by atoms with Gasteiger partial charge in [0, 0.05) is 26.2 Å². The smallest absolute Gasteiger partial charge is 0.248 e. The van der Waals surface area contributed by atoms with Crippen LogP contribution in [-0.4, -0.2) is 53.6 Å². The van der Waals surface area contributed by atoms with E-state index in [1.165, 1.54) is 0 Å². The van der Waals surface area contributed by atoms with E-state index in [-0.39, 0.29) is 18.6 Å². The van der Waals surface area contributed by atoms with E-state index in [1.807, 2.05) is 89.8 Å². The van der Waals surface area contributed by atoms with Crippen molar-refractivity contribution >= 4 is 22.9 Å². The summed E-state index contributed by atoms with van der Waals surface area (Å²) in [6.45, 7) is 3.04. The molecule has 0 unspecified atom stereocenters. The van der Waals surface area contributed by atoms with Crippen LogP contribution in [0.4, 0.5) is 5.95 Å². The molecule has 1 saturated heterocycles. The summed E-state index contributed by atoms with van der Waals surface area (Å²) in [7, 11) is 0. The number of aromatic nitrogens is 2. The fourth-order valence-corrected chi connectivity index (χ4v) is 4.35. The summed E-state index contributed by atoms with van der Waals surface area (Å²) in [6, 6.07) is 28.2. The van der Waals surface area contributed by atoms with Gasteiger partial charge in [-0.05, 0) is 29.7 Å². The Bertz CT molecular complexity index is 1120. The first kappa shape index (κ1) is 21.2. The number of hydrogen-bond acceptors (Lipinski definition) is 4. The molecule has 1 fully saturated rings. The summed E-state index contributed by atoms with van der Waals surface area (Å²) in [4.78, 5) is 25.3. The molecule has 168 valence electrons. The second-order valence-corrected chi connectivity index (χ2v) is 8.31. The average molecular weight is 441 g/mol. The Balaban J connectivity index is 1.23. The number of anilines is 1. The minimum atomic E-state index is -0.268. The molecule has 0 aliphatic carbocycles. The van der Waals surface area contributed by atoms with Gasteiger partial charge in [-0.25, -0.2) is 4.98 Å². The highest BCUT2D eigenvalue weighted by atomic mass is 16.5. The van der Waals surface area contributed by atoms with Gasteiger partial charge in [0.1, 0.15) is 12.7 Å². The number of imidazole rings is 1. The molecular formula is C27H28N4O2. The molecule has 3 aromatic carbocycles. The Morgan fingerprint density at radius 2 is 1.52 bits per heavy atom. The second kappa shape index (κ2) is 9.88. The molecule has 1 amide bonds. The topological polar surface area (TPSA) is 61.5 Å². The number of carbonyl (C=O) groups is 1. The number of aromatic amines is 1. The molecule has 0 atom stereocenters. The van der Waals surface area contributed by atoms with Crippen LogP contribution in [0.2, 0.25) is 0 Å². The number of para-hydroxylation sites is 2. The molecule has 2 heterocycles. The highest BCUT2D eigenvalue weighted by Gasteiger charge is 2.23. The normalized spacial score (nSPS) is 14.6. The van der Waals surface area contributed by atoms with Crippen molar-refractivity contribution in [2.24, 2.45) is 0 Å². The standard InChI is InChI=1S/C27H28N4O2/c32-25(20-33-26(21-10-3-1-4-11-21)22-12-5-2-6-13-22)30-16-9-17-31(19-18-30)27-28-23-14-7-8-15-24(23)29-27/h1-8,10-15,26H,9,16-20H2,(H,28,29). The van der Waals surface area contributed by atoms with Gasteiger partial charge in [-0.2, -0.15) is 0 Å². The number of nitrogens with zero attached hydrogens (tertiary/aromatic N) is 3. The van der Waals surface area contributed by atoms with E-state index in [2.05, 4.69) is 9.88 Å². The van der Waals surface area contributed by atoms with Crippen LogP contribution < -0.4 is 4.90 Å². The number of amides is 1. The molecule has 6 nitrogen and oxygen atoms in total. The van der Waals surface area contributed by atoms with Gasteiger partial charge in [0.05, 0.1) is 11.0 Å². The number of fused-ring (bicyclic) bond motifs is 1. The summed E-state index contributed by atoms with van der Waals surface area (Å²) in [5.41, 5.74) is 4.09. The first-order chi connectivity index (χ1) is 16.3. The van der Waals surface area contributed by atoms with Gasteiger partial charge < -0.3 is 19.5 Å². The summed E-state index contributed by atoms with van der Waals surface area (Å²) in [5, 5.41) is 0. The average Bonchev–Trinajstić information content (AvgIpc) is 3.14. The van der Waals surface area contributed by atoms with E-state index in [0.29, 0.717) is 6.54 Å². The van der Waals surface area contributed by atoms with Crippen molar-refractivity contribution in [1.82, 2.24) is 14.9 Å². The number of benzene rings is 3. The van der Waals surface area contributed by atoms with Crippen molar-refractivity contribution in [2.75, 3.05) is 37.7 Å². The maximum absolute atomic E-state index is 13.1. The zero-order valence-corrected chi connectivity index (χ0v) is 18.6. The molecule has 5 rings (SSSR count). The van der Waals surface area contributed by atoms with E-state index in [1.54, 1.807) is 0 Å². The lowest BCUT2D eigenvalue weighted by Gasteiger charge is -2.24. The van der Waals surface area contributed by atoms with Crippen LogP contribution in [0.5, 0.6) is 0 Å². The first-order valence-electron chi connectivity index (χ1n) is 11.5. The predicted molar refractivity (Wildman–Crippen MR) is 130 cm³/mol. The van der Waals surface area contributed by atoms with E-state index >= 15 is 0 Å². The number of carbonyl (C=O) groups excluding carboxylic acids is 1. The first-order valence-corrected chi connectivity index (χ1v) is 11.5. The van der Waals surface area contributed by atoms with E-state index < -0.39 is 0 Å². The molecule has 33 heavy (non-hydrogen) atoms. The van der Waals surface area contributed by atoms with E-state index in [9.17, 15) is 4.79 Å². The van der Waals surface area contributed by atoms with Crippen LogP contribution in [-0.2, 0) is 9.53 Å². The lowest BCUT2D eigenvalue weighted by atomic mass is 10.0. The molecule has 1 N–H and O–H groups in total. The Morgan fingerprint density at radius 1 is 0.848 bits per heavy atom. The third-order valence-corrected chi connectivity index (χ3v) is 6.10. The van der Waals surface area contributed by atoms with Gasteiger partial charge in [-0.1, -0.05) is 72.8 Å². The summed E-state index contributed by atoms with van der Waals surface area (Å²) >= 11 is 0. The monoisotopic (exact) mass is 440 g/mol. The van der Waals surface area contributed by atoms with Crippen molar-refractivity contribution in [3.63, 3.8) is 0 Å². The maximum atomic E-state index is 13.1. The lowest BCUT2D eigenvalue weighted by molar-refractivity contribution is -0.137. The third-order valence-electron chi connectivity index (χ3n) is 6.10. The zero-order chi connectivity index (χ0) is 22.5. The van der Waals surface area contributed by atoms with Gasteiger partial charge in [0.25, 0.3) is 0 Å². The SMILES string of the molecule is O=C(COC(c1ccccc1)c1ccccc1)N1CCCN(c2nc3ccccc3[nH]2)CC1. The van der Waals surface area contributed by atoms with Crippen molar-refractivity contribution in [3.05, 3.63) is 96.1 Å². The lowest BCUT2D eigenvalue weighted by Crippen LogP contribution is -2.37. The Morgan fingerprint density at radius 3 is 2.21 bits per heavy atom. The molecule has 0 spiro atoms. The zero-order valence-electron chi connectivity index (χ0n) is 18.6. The molecular weight excluding hydrogens is 412 g/mol. The molecule has 1 aliphatic heterocycles. The summed E-state index contributed by atoms with van der Waals surface area (Å²) < 4.78 is 6.20. The Kier molecular flexibility index (Phi) is 6.35. The summed E-state index contributed by atoms with van der Waals surface area (Å²) in [5.74, 6) is 0.897. The van der Waals surface area contributed by atoms with Gasteiger partial charge in [-0.15, -0.1) is 0 Å². The summed E-state index contributed by atoms with van der Waals surface area (Å²) in [6.07, 6.45) is 0.624. The molecule has 4 aromatic rings. The van der Waals surface area contributed by atoms with Crippen LogP contribution >= 0.6 is 0 Å². The van der Waals surface area contributed by atoms with Gasteiger partial charge >= 0.3 is 0 Å². The van der Waals surface area contributed by atoms with Crippen LogP contribution in [0, 0.1) is 0 Å². The number of rotatable bonds is 6. The third kappa shape index (κ3) is 4.91. The molecule has 1 aromatic heterocycles. The largest absolute Gasteiger partial charge is 0.359 e. The van der Waals surface area contributed by atoms with Crippen LogP contribution in [0.15, 0.2) is 84.9 Å². The van der Waals surface area contributed by atoms with Crippen molar-refractivity contribution in [1.29, 1.82) is 0 Å². The van der Waals surface area contributed by atoms with Crippen LogP contribution in [0.25, 0.3) is 11.0 Å². The molecule has 1 aliphatic rings. The number of ether oxygens (including phenoxy) is 1. The number of H-pyrrole nitrogens is 1. The van der Waals surface area contributed by atoms with Gasteiger partial charge in [0.2, 0.25) is 11.9 Å². The predicted octanol–water partition coefficient (Wildman–Crippen LogP) is 4.41. The van der Waals surface area contributed by atoms with Crippen molar-refractivity contribution in [2.45, 2.75) is 12.5 Å². The maximum Gasteiger partial charge on any atom is 0.248 e.